The van der Waals surface area contributed by atoms with E-state index < -0.39 is 17.3 Å². The van der Waals surface area contributed by atoms with Gasteiger partial charge in [-0.05, 0) is 38.1 Å². The van der Waals surface area contributed by atoms with Crippen molar-refractivity contribution in [1.82, 2.24) is 4.90 Å². The minimum atomic E-state index is -0.748. The molecule has 0 saturated carbocycles. The van der Waals surface area contributed by atoms with Gasteiger partial charge in [-0.25, -0.2) is 4.79 Å². The summed E-state index contributed by atoms with van der Waals surface area (Å²) < 4.78 is 15.4. The number of likely N-dealkylation sites (tertiary alicyclic amines) is 1. The molecule has 2 heterocycles. The second kappa shape index (κ2) is 6.46. The molecular formula is C18H24N2O5. The van der Waals surface area contributed by atoms with Gasteiger partial charge in [0.25, 0.3) is 0 Å². The summed E-state index contributed by atoms with van der Waals surface area (Å²) in [5, 5.41) is 3.28. The van der Waals surface area contributed by atoms with Crippen LogP contribution in [0.25, 0.3) is 0 Å². The highest BCUT2D eigenvalue weighted by atomic mass is 16.8. The van der Waals surface area contributed by atoms with Crippen LogP contribution in [-0.2, 0) is 14.3 Å². The van der Waals surface area contributed by atoms with Gasteiger partial charge in [0.15, 0.2) is 5.60 Å². The molecule has 1 spiro atoms. The van der Waals surface area contributed by atoms with Gasteiger partial charge in [-0.1, -0.05) is 0 Å². The third-order valence-corrected chi connectivity index (χ3v) is 4.80. The van der Waals surface area contributed by atoms with Crippen LogP contribution in [-0.4, -0.2) is 54.9 Å². The topological polar surface area (TPSA) is 77.1 Å². The van der Waals surface area contributed by atoms with Crippen LogP contribution in [0.4, 0.5) is 10.5 Å². The highest BCUT2D eigenvalue weighted by Gasteiger charge is 2.46. The van der Waals surface area contributed by atoms with E-state index in [-0.39, 0.29) is 12.5 Å². The lowest BCUT2D eigenvalue weighted by Gasteiger charge is -2.40. The third kappa shape index (κ3) is 3.65. The number of carbonyl (C=O) groups is 2. The average molecular weight is 348 g/mol. The molecule has 2 saturated heterocycles. The van der Waals surface area contributed by atoms with Crippen molar-refractivity contribution in [3.63, 3.8) is 0 Å². The van der Waals surface area contributed by atoms with Crippen molar-refractivity contribution in [2.75, 3.05) is 32.1 Å². The Hall–Kier alpha value is -2.44. The summed E-state index contributed by atoms with van der Waals surface area (Å²) in [6, 6.07) is 7.47. The van der Waals surface area contributed by atoms with Crippen molar-refractivity contribution in [2.45, 2.75) is 37.8 Å². The quantitative estimate of drug-likeness (QED) is 0.842. The molecule has 1 aromatic carbocycles. The Balaban J connectivity index is 1.60. The number of cyclic esters (lactones) is 1. The maximum Gasteiger partial charge on any atom is 0.509 e. The van der Waals surface area contributed by atoms with E-state index in [9.17, 15) is 9.59 Å². The van der Waals surface area contributed by atoms with E-state index in [1.807, 2.05) is 43.0 Å². The van der Waals surface area contributed by atoms with Gasteiger partial charge in [0.05, 0.1) is 7.11 Å². The van der Waals surface area contributed by atoms with Crippen LogP contribution < -0.4 is 10.1 Å². The fraction of sp³-hybridized carbons (Fsp3) is 0.556. The maximum atomic E-state index is 12.9. The summed E-state index contributed by atoms with van der Waals surface area (Å²) in [6.45, 7) is 5.10. The number of hydrogen-bond acceptors (Lipinski definition) is 6. The number of carbonyl (C=O) groups excluding carboxylic acids is 2. The summed E-state index contributed by atoms with van der Waals surface area (Å²) >= 11 is 0. The van der Waals surface area contributed by atoms with Crippen LogP contribution in [0.3, 0.4) is 0 Å². The molecule has 2 fully saturated rings. The highest BCUT2D eigenvalue weighted by Crippen LogP contribution is 2.32. The van der Waals surface area contributed by atoms with E-state index in [1.54, 1.807) is 7.11 Å². The van der Waals surface area contributed by atoms with E-state index in [4.69, 9.17) is 14.2 Å². The Morgan fingerprint density at radius 2 is 1.88 bits per heavy atom. The van der Waals surface area contributed by atoms with Gasteiger partial charge >= 0.3 is 6.16 Å². The van der Waals surface area contributed by atoms with Gasteiger partial charge in [-0.3, -0.25) is 4.79 Å². The van der Waals surface area contributed by atoms with Crippen molar-refractivity contribution in [1.29, 1.82) is 0 Å². The molecule has 0 atom stereocenters. The lowest BCUT2D eigenvalue weighted by atomic mass is 9.91. The van der Waals surface area contributed by atoms with Crippen LogP contribution in [0.1, 0.15) is 26.7 Å². The largest absolute Gasteiger partial charge is 0.509 e. The normalized spacial score (nSPS) is 19.3. The van der Waals surface area contributed by atoms with Gasteiger partial charge in [0, 0.05) is 31.6 Å². The molecule has 0 aromatic heterocycles. The molecule has 136 valence electrons. The Morgan fingerprint density at radius 3 is 2.40 bits per heavy atom. The lowest BCUT2D eigenvalue weighted by Crippen LogP contribution is -2.55. The Kier molecular flexibility index (Phi) is 4.49. The summed E-state index contributed by atoms with van der Waals surface area (Å²) in [7, 11) is 1.62. The van der Waals surface area contributed by atoms with Gasteiger partial charge < -0.3 is 24.4 Å². The summed E-state index contributed by atoms with van der Waals surface area (Å²) in [4.78, 5) is 25.9. The molecule has 2 aliphatic rings. The molecule has 0 radical (unpaired) electrons. The number of piperidine rings is 1. The molecule has 0 unspecified atom stereocenters. The first-order chi connectivity index (χ1) is 11.8. The average Bonchev–Trinajstić information content (AvgIpc) is 2.96. The number of rotatable bonds is 4. The number of nitrogens with zero attached hydrogens (tertiary/aromatic N) is 1. The SMILES string of the molecule is COc1ccc(NC(C)(C)C(=O)N2CCC3(CC2)COC(=O)O3)cc1. The van der Waals surface area contributed by atoms with Crippen molar-refractivity contribution in [3.8, 4) is 5.75 Å². The van der Waals surface area contributed by atoms with Gasteiger partial charge in [-0.15, -0.1) is 0 Å². The smallest absolute Gasteiger partial charge is 0.497 e. The van der Waals surface area contributed by atoms with E-state index in [0.717, 1.165) is 11.4 Å². The standard InChI is InChI=1S/C18H24N2O5/c1-17(2,19-13-4-6-14(23-3)7-5-13)15(21)20-10-8-18(9-11-20)12-24-16(22)25-18/h4-7,19H,8-12H2,1-3H3. The second-order valence-corrected chi connectivity index (χ2v) is 7.09. The minimum absolute atomic E-state index is 0.0170. The zero-order chi connectivity index (χ0) is 18.1. The molecule has 0 bridgehead atoms. The first kappa shape index (κ1) is 17.4. The van der Waals surface area contributed by atoms with Crippen molar-refractivity contribution in [3.05, 3.63) is 24.3 Å². The molecule has 3 rings (SSSR count). The zero-order valence-electron chi connectivity index (χ0n) is 14.8. The second-order valence-electron chi connectivity index (χ2n) is 7.09. The molecule has 1 amide bonds. The molecule has 1 N–H and O–H groups in total. The van der Waals surface area contributed by atoms with Crippen LogP contribution in [0, 0.1) is 0 Å². The van der Waals surface area contributed by atoms with Crippen LogP contribution >= 0.6 is 0 Å². The Morgan fingerprint density at radius 1 is 1.24 bits per heavy atom. The number of anilines is 1. The number of hydrogen-bond donors (Lipinski definition) is 1. The summed E-state index contributed by atoms with van der Waals surface area (Å²) in [5.41, 5.74) is -0.450. The molecule has 25 heavy (non-hydrogen) atoms. The molecule has 7 heteroatoms. The van der Waals surface area contributed by atoms with E-state index in [0.29, 0.717) is 25.9 Å². The number of nitrogens with one attached hydrogen (secondary N) is 1. The molecular weight excluding hydrogens is 324 g/mol. The predicted molar refractivity (Wildman–Crippen MR) is 91.7 cm³/mol. The molecule has 2 aliphatic heterocycles. The Bertz CT molecular complexity index is 648. The fourth-order valence-electron chi connectivity index (χ4n) is 3.27. The Labute approximate surface area is 147 Å². The van der Waals surface area contributed by atoms with Crippen molar-refractivity contribution < 1.29 is 23.8 Å². The third-order valence-electron chi connectivity index (χ3n) is 4.80. The maximum absolute atomic E-state index is 12.9. The summed E-state index contributed by atoms with van der Waals surface area (Å²) in [5.74, 6) is 0.785. The lowest BCUT2D eigenvalue weighted by molar-refractivity contribution is -0.138. The summed E-state index contributed by atoms with van der Waals surface area (Å²) in [6.07, 6.45) is 0.591. The van der Waals surface area contributed by atoms with Gasteiger partial charge in [-0.2, -0.15) is 0 Å². The predicted octanol–water partition coefficient (Wildman–Crippen LogP) is 2.41. The number of amides is 1. The van der Waals surface area contributed by atoms with E-state index >= 15 is 0 Å². The zero-order valence-corrected chi connectivity index (χ0v) is 14.8. The van der Waals surface area contributed by atoms with Crippen molar-refractivity contribution in [2.24, 2.45) is 0 Å². The molecule has 7 nitrogen and oxygen atoms in total. The van der Waals surface area contributed by atoms with Crippen LogP contribution in [0.15, 0.2) is 24.3 Å². The minimum Gasteiger partial charge on any atom is -0.497 e. The fourth-order valence-corrected chi connectivity index (χ4v) is 3.27. The number of methoxy groups -OCH3 is 1. The van der Waals surface area contributed by atoms with Gasteiger partial charge in [0.2, 0.25) is 5.91 Å². The van der Waals surface area contributed by atoms with E-state index in [2.05, 4.69) is 5.32 Å². The number of benzene rings is 1. The first-order valence-electron chi connectivity index (χ1n) is 8.41. The van der Waals surface area contributed by atoms with Crippen molar-refractivity contribution >= 4 is 17.7 Å². The van der Waals surface area contributed by atoms with Crippen LogP contribution in [0.5, 0.6) is 5.75 Å². The first-order valence-corrected chi connectivity index (χ1v) is 8.41. The number of ether oxygens (including phenoxy) is 3. The van der Waals surface area contributed by atoms with Gasteiger partial charge in [0.1, 0.15) is 17.9 Å². The van der Waals surface area contributed by atoms with Crippen LogP contribution in [0.2, 0.25) is 0 Å². The highest BCUT2D eigenvalue weighted by molar-refractivity contribution is 5.88. The monoisotopic (exact) mass is 348 g/mol. The van der Waals surface area contributed by atoms with E-state index in [1.165, 1.54) is 0 Å². The molecule has 0 aliphatic carbocycles. The molecule has 1 aromatic rings.